The molecule has 0 aliphatic rings. The first-order chi connectivity index (χ1) is 8.18. The van der Waals surface area contributed by atoms with Crippen molar-refractivity contribution >= 4 is 17.6 Å². The zero-order valence-electron chi connectivity index (χ0n) is 9.01. The Labute approximate surface area is 103 Å². The van der Waals surface area contributed by atoms with Crippen molar-refractivity contribution in [1.29, 1.82) is 0 Å². The summed E-state index contributed by atoms with van der Waals surface area (Å²) in [5.74, 6) is -0.830. The van der Waals surface area contributed by atoms with Crippen LogP contribution in [0.1, 0.15) is 6.42 Å². The maximum atomic E-state index is 10.5. The number of benzene rings is 1. The molecule has 4 nitrogen and oxygen atoms in total. The van der Waals surface area contributed by atoms with E-state index < -0.39 is 5.97 Å². The summed E-state index contributed by atoms with van der Waals surface area (Å²) in [5, 5.41) is 9.30. The number of aromatic nitrogens is 2. The molecule has 0 aliphatic carbocycles. The molecule has 1 aromatic heterocycles. The summed E-state index contributed by atoms with van der Waals surface area (Å²) in [7, 11) is 0. The average Bonchev–Trinajstić information content (AvgIpc) is 2.75. The average molecular weight is 251 g/mol. The molecule has 0 saturated heterocycles. The Hall–Kier alpha value is -1.81. The van der Waals surface area contributed by atoms with Crippen LogP contribution in [0.2, 0.25) is 5.02 Å². The standard InChI is InChI=1S/C12H11ClN2O2/c13-10-4-2-1-3-9(10)11-7-14-8-15(11)6-5-12(16)17/h1-4,7-8H,5-6H2,(H,16,17). The second-order valence-electron chi connectivity index (χ2n) is 3.60. The van der Waals surface area contributed by atoms with Gasteiger partial charge in [0.2, 0.25) is 0 Å². The lowest BCUT2D eigenvalue weighted by Crippen LogP contribution is -2.04. The van der Waals surface area contributed by atoms with Crippen molar-refractivity contribution in [2.24, 2.45) is 0 Å². The van der Waals surface area contributed by atoms with Gasteiger partial charge in [0.05, 0.1) is 24.6 Å². The number of nitrogens with zero attached hydrogens (tertiary/aromatic N) is 2. The highest BCUT2D eigenvalue weighted by atomic mass is 35.5. The molecule has 0 amide bonds. The highest BCUT2D eigenvalue weighted by Gasteiger charge is 2.09. The SMILES string of the molecule is O=C(O)CCn1cncc1-c1ccccc1Cl. The molecule has 17 heavy (non-hydrogen) atoms. The molecular weight excluding hydrogens is 240 g/mol. The summed E-state index contributed by atoms with van der Waals surface area (Å²) in [6.45, 7) is 0.385. The van der Waals surface area contributed by atoms with Crippen molar-refractivity contribution in [1.82, 2.24) is 9.55 Å². The lowest BCUT2D eigenvalue weighted by atomic mass is 10.1. The highest BCUT2D eigenvalue weighted by Crippen LogP contribution is 2.27. The second kappa shape index (κ2) is 5.01. The van der Waals surface area contributed by atoms with Crippen LogP contribution in [0.4, 0.5) is 0 Å². The van der Waals surface area contributed by atoms with Gasteiger partial charge in [0.25, 0.3) is 0 Å². The molecule has 88 valence electrons. The number of imidazole rings is 1. The summed E-state index contributed by atoms with van der Waals surface area (Å²) in [6, 6.07) is 7.42. The second-order valence-corrected chi connectivity index (χ2v) is 4.00. The summed E-state index contributed by atoms with van der Waals surface area (Å²) >= 11 is 6.09. The normalized spacial score (nSPS) is 10.4. The molecule has 0 saturated carbocycles. The van der Waals surface area contributed by atoms with E-state index in [2.05, 4.69) is 4.98 Å². The van der Waals surface area contributed by atoms with Crippen LogP contribution in [0.25, 0.3) is 11.3 Å². The largest absolute Gasteiger partial charge is 0.481 e. The minimum absolute atomic E-state index is 0.0633. The number of carboxylic acids is 1. The minimum Gasteiger partial charge on any atom is -0.481 e. The van der Waals surface area contributed by atoms with Crippen LogP contribution >= 0.6 is 11.6 Å². The number of hydrogen-bond donors (Lipinski definition) is 1. The number of carboxylic acid groups (broad SMARTS) is 1. The maximum absolute atomic E-state index is 10.5. The lowest BCUT2D eigenvalue weighted by Gasteiger charge is -2.07. The van der Waals surface area contributed by atoms with Crippen LogP contribution in [0.15, 0.2) is 36.8 Å². The maximum Gasteiger partial charge on any atom is 0.305 e. The molecule has 1 heterocycles. The van der Waals surface area contributed by atoms with Crippen molar-refractivity contribution in [3.8, 4) is 11.3 Å². The van der Waals surface area contributed by atoms with Crippen LogP contribution in [-0.4, -0.2) is 20.6 Å². The number of rotatable bonds is 4. The number of aryl methyl sites for hydroxylation is 1. The van der Waals surface area contributed by atoms with E-state index in [4.69, 9.17) is 16.7 Å². The summed E-state index contributed by atoms with van der Waals surface area (Å²) in [6.07, 6.45) is 3.36. The Morgan fingerprint density at radius 1 is 1.41 bits per heavy atom. The fourth-order valence-corrected chi connectivity index (χ4v) is 1.84. The molecule has 1 aromatic carbocycles. The fourth-order valence-electron chi connectivity index (χ4n) is 1.61. The predicted octanol–water partition coefficient (Wildman–Crippen LogP) is 2.68. The van der Waals surface area contributed by atoms with Gasteiger partial charge in [-0.2, -0.15) is 0 Å². The number of carbonyl (C=O) groups is 1. The van der Waals surface area contributed by atoms with Gasteiger partial charge < -0.3 is 9.67 Å². The van der Waals surface area contributed by atoms with E-state index in [1.54, 1.807) is 23.2 Å². The quantitative estimate of drug-likeness (QED) is 0.908. The van der Waals surface area contributed by atoms with Gasteiger partial charge in [-0.15, -0.1) is 0 Å². The van der Waals surface area contributed by atoms with Crippen molar-refractivity contribution in [2.75, 3.05) is 0 Å². The third kappa shape index (κ3) is 2.65. The number of aliphatic carboxylic acids is 1. The molecule has 0 fully saturated rings. The van der Waals surface area contributed by atoms with E-state index in [0.717, 1.165) is 11.3 Å². The molecular formula is C12H11ClN2O2. The fraction of sp³-hybridized carbons (Fsp3) is 0.167. The van der Waals surface area contributed by atoms with Crippen molar-refractivity contribution in [2.45, 2.75) is 13.0 Å². The molecule has 0 spiro atoms. The molecule has 0 radical (unpaired) electrons. The lowest BCUT2D eigenvalue weighted by molar-refractivity contribution is -0.137. The van der Waals surface area contributed by atoms with Crippen LogP contribution in [0, 0.1) is 0 Å². The zero-order valence-corrected chi connectivity index (χ0v) is 9.76. The smallest absolute Gasteiger partial charge is 0.305 e. The Balaban J connectivity index is 2.31. The number of halogens is 1. The highest BCUT2D eigenvalue weighted by molar-refractivity contribution is 6.33. The van der Waals surface area contributed by atoms with Crippen molar-refractivity contribution < 1.29 is 9.90 Å². The van der Waals surface area contributed by atoms with Crippen molar-refractivity contribution in [3.05, 3.63) is 41.8 Å². The van der Waals surface area contributed by atoms with Gasteiger partial charge in [-0.1, -0.05) is 29.8 Å². The van der Waals surface area contributed by atoms with Gasteiger partial charge in [0.15, 0.2) is 0 Å². The molecule has 0 unspecified atom stereocenters. The van der Waals surface area contributed by atoms with Gasteiger partial charge in [-0.05, 0) is 6.07 Å². The third-order valence-corrected chi connectivity index (χ3v) is 2.76. The molecule has 1 N–H and O–H groups in total. The van der Waals surface area contributed by atoms with E-state index >= 15 is 0 Å². The summed E-state index contributed by atoms with van der Waals surface area (Å²) in [4.78, 5) is 14.6. The Bertz CT molecular complexity index is 537. The Morgan fingerprint density at radius 3 is 2.88 bits per heavy atom. The molecule has 0 aliphatic heterocycles. The van der Waals surface area contributed by atoms with E-state index in [1.165, 1.54) is 0 Å². The monoisotopic (exact) mass is 250 g/mol. The molecule has 0 atom stereocenters. The topological polar surface area (TPSA) is 55.1 Å². The van der Waals surface area contributed by atoms with Crippen LogP contribution in [0.3, 0.4) is 0 Å². The number of hydrogen-bond acceptors (Lipinski definition) is 2. The summed E-state index contributed by atoms with van der Waals surface area (Å²) < 4.78 is 1.79. The van der Waals surface area contributed by atoms with E-state index in [1.807, 2.05) is 18.2 Å². The molecule has 5 heteroatoms. The molecule has 2 aromatic rings. The summed E-state index contributed by atoms with van der Waals surface area (Å²) in [5.41, 5.74) is 1.69. The van der Waals surface area contributed by atoms with Gasteiger partial charge in [0, 0.05) is 17.1 Å². The van der Waals surface area contributed by atoms with Crippen molar-refractivity contribution in [3.63, 3.8) is 0 Å². The predicted molar refractivity (Wildman–Crippen MR) is 64.9 cm³/mol. The van der Waals surface area contributed by atoms with Crippen LogP contribution in [-0.2, 0) is 11.3 Å². The minimum atomic E-state index is -0.830. The molecule has 2 rings (SSSR count). The van der Waals surface area contributed by atoms with Gasteiger partial charge >= 0.3 is 5.97 Å². The first kappa shape index (κ1) is 11.7. The first-order valence-electron chi connectivity index (χ1n) is 5.15. The van der Waals surface area contributed by atoms with E-state index in [-0.39, 0.29) is 6.42 Å². The van der Waals surface area contributed by atoms with E-state index in [0.29, 0.717) is 11.6 Å². The Morgan fingerprint density at radius 2 is 2.18 bits per heavy atom. The Kier molecular flexibility index (Phi) is 3.44. The van der Waals surface area contributed by atoms with E-state index in [9.17, 15) is 4.79 Å². The third-order valence-electron chi connectivity index (χ3n) is 2.43. The first-order valence-corrected chi connectivity index (χ1v) is 5.53. The molecule has 0 bridgehead atoms. The van der Waals surface area contributed by atoms with Gasteiger partial charge in [-0.3, -0.25) is 4.79 Å². The van der Waals surface area contributed by atoms with Gasteiger partial charge in [0.1, 0.15) is 0 Å². The van der Waals surface area contributed by atoms with Crippen LogP contribution in [0.5, 0.6) is 0 Å². The zero-order chi connectivity index (χ0) is 12.3. The van der Waals surface area contributed by atoms with Crippen LogP contribution < -0.4 is 0 Å². The van der Waals surface area contributed by atoms with Gasteiger partial charge in [-0.25, -0.2) is 4.98 Å².